The van der Waals surface area contributed by atoms with Gasteiger partial charge in [-0.15, -0.1) is 0 Å². The Morgan fingerprint density at radius 3 is 2.16 bits per heavy atom. The second kappa shape index (κ2) is 9.81. The Kier molecular flexibility index (Phi) is 6.69. The molecule has 0 spiro atoms. The smallest absolute Gasteiger partial charge is 0.251 e. The molecule has 1 fully saturated rings. The molecule has 1 heterocycles. The van der Waals surface area contributed by atoms with Crippen molar-refractivity contribution in [1.82, 2.24) is 15.3 Å². The normalized spacial score (nSPS) is 18.1. The van der Waals surface area contributed by atoms with Crippen LogP contribution in [-0.2, 0) is 0 Å². The SMILES string of the molecule is Cc1nc(NC2CCC(NC(=O)c3ccc(-c4ccccc4)cc3)CC2)cc(N(C)C)n1. The molecule has 1 aromatic heterocycles. The molecule has 3 aromatic rings. The summed E-state index contributed by atoms with van der Waals surface area (Å²) in [6, 6.07) is 20.6. The van der Waals surface area contributed by atoms with Crippen LogP contribution in [-0.4, -0.2) is 42.1 Å². The minimum atomic E-state index is 0.00284. The number of aromatic nitrogens is 2. The van der Waals surface area contributed by atoms with E-state index >= 15 is 0 Å². The van der Waals surface area contributed by atoms with Crippen LogP contribution in [0.15, 0.2) is 60.7 Å². The van der Waals surface area contributed by atoms with Gasteiger partial charge >= 0.3 is 0 Å². The van der Waals surface area contributed by atoms with Crippen LogP contribution >= 0.6 is 0 Å². The lowest BCUT2D eigenvalue weighted by Crippen LogP contribution is -2.40. The Hall–Kier alpha value is -3.41. The van der Waals surface area contributed by atoms with Crippen molar-refractivity contribution in [2.75, 3.05) is 24.3 Å². The molecular formula is C26H31N5O. The fourth-order valence-corrected chi connectivity index (χ4v) is 4.16. The zero-order valence-corrected chi connectivity index (χ0v) is 19.0. The second-order valence-electron chi connectivity index (χ2n) is 8.66. The average Bonchev–Trinajstić information content (AvgIpc) is 2.80. The summed E-state index contributed by atoms with van der Waals surface area (Å²) in [6.07, 6.45) is 3.91. The molecule has 6 heteroatoms. The maximum atomic E-state index is 12.7. The number of rotatable bonds is 6. The first-order chi connectivity index (χ1) is 15.5. The van der Waals surface area contributed by atoms with Gasteiger partial charge in [0.1, 0.15) is 17.5 Å². The zero-order chi connectivity index (χ0) is 22.5. The summed E-state index contributed by atoms with van der Waals surface area (Å²) in [5.74, 6) is 2.53. The lowest BCUT2D eigenvalue weighted by Gasteiger charge is -2.30. The van der Waals surface area contributed by atoms with Gasteiger partial charge in [0.25, 0.3) is 5.91 Å². The van der Waals surface area contributed by atoms with E-state index in [4.69, 9.17) is 0 Å². The molecule has 0 unspecified atom stereocenters. The third-order valence-electron chi connectivity index (χ3n) is 5.95. The molecule has 0 saturated heterocycles. The molecule has 0 atom stereocenters. The van der Waals surface area contributed by atoms with E-state index in [2.05, 4.69) is 32.7 Å². The van der Waals surface area contributed by atoms with Crippen molar-refractivity contribution >= 4 is 17.5 Å². The molecule has 32 heavy (non-hydrogen) atoms. The quantitative estimate of drug-likeness (QED) is 0.596. The lowest BCUT2D eigenvalue weighted by atomic mass is 9.91. The van der Waals surface area contributed by atoms with Crippen LogP contribution < -0.4 is 15.5 Å². The van der Waals surface area contributed by atoms with Crippen LogP contribution in [0.5, 0.6) is 0 Å². The van der Waals surface area contributed by atoms with E-state index in [1.165, 1.54) is 0 Å². The van der Waals surface area contributed by atoms with Crippen molar-refractivity contribution in [2.24, 2.45) is 0 Å². The summed E-state index contributed by atoms with van der Waals surface area (Å²) in [7, 11) is 3.96. The molecule has 1 aliphatic carbocycles. The summed E-state index contributed by atoms with van der Waals surface area (Å²) in [5, 5.41) is 6.77. The van der Waals surface area contributed by atoms with Gasteiger partial charge in [0.15, 0.2) is 0 Å². The molecule has 1 amide bonds. The van der Waals surface area contributed by atoms with Crippen molar-refractivity contribution in [3.8, 4) is 11.1 Å². The van der Waals surface area contributed by atoms with Gasteiger partial charge in [0.05, 0.1) is 0 Å². The third-order valence-corrected chi connectivity index (χ3v) is 5.95. The highest BCUT2D eigenvalue weighted by Gasteiger charge is 2.23. The number of hydrogen-bond donors (Lipinski definition) is 2. The van der Waals surface area contributed by atoms with Crippen LogP contribution in [0, 0.1) is 6.92 Å². The number of hydrogen-bond acceptors (Lipinski definition) is 5. The highest BCUT2D eigenvalue weighted by atomic mass is 16.1. The van der Waals surface area contributed by atoms with Crippen LogP contribution in [0.25, 0.3) is 11.1 Å². The number of nitrogens with one attached hydrogen (secondary N) is 2. The number of carbonyl (C=O) groups excluding carboxylic acids is 1. The summed E-state index contributed by atoms with van der Waals surface area (Å²) in [4.78, 5) is 23.7. The van der Waals surface area contributed by atoms with Crippen LogP contribution in [0.4, 0.5) is 11.6 Å². The number of aryl methyl sites for hydroxylation is 1. The zero-order valence-electron chi connectivity index (χ0n) is 19.0. The van der Waals surface area contributed by atoms with Crippen molar-refractivity contribution in [3.63, 3.8) is 0 Å². The van der Waals surface area contributed by atoms with Crippen molar-refractivity contribution < 1.29 is 4.79 Å². The number of amides is 1. The van der Waals surface area contributed by atoms with Crippen molar-refractivity contribution in [3.05, 3.63) is 72.1 Å². The molecule has 166 valence electrons. The number of carbonyl (C=O) groups is 1. The predicted molar refractivity (Wildman–Crippen MR) is 130 cm³/mol. The monoisotopic (exact) mass is 429 g/mol. The van der Waals surface area contributed by atoms with Gasteiger partial charge in [-0.05, 0) is 55.9 Å². The largest absolute Gasteiger partial charge is 0.367 e. The van der Waals surface area contributed by atoms with E-state index in [-0.39, 0.29) is 11.9 Å². The summed E-state index contributed by atoms with van der Waals surface area (Å²) >= 11 is 0. The predicted octanol–water partition coefficient (Wildman–Crippen LogP) is 4.67. The molecule has 6 nitrogen and oxygen atoms in total. The maximum absolute atomic E-state index is 12.7. The van der Waals surface area contributed by atoms with Gasteiger partial charge in [0.2, 0.25) is 0 Å². The Labute approximate surface area is 190 Å². The number of anilines is 2. The van der Waals surface area contributed by atoms with Gasteiger partial charge in [-0.2, -0.15) is 0 Å². The molecule has 4 rings (SSSR count). The molecule has 0 bridgehead atoms. The summed E-state index contributed by atoms with van der Waals surface area (Å²) in [6.45, 7) is 1.91. The van der Waals surface area contributed by atoms with E-state index in [0.717, 1.165) is 54.3 Å². The van der Waals surface area contributed by atoms with Crippen molar-refractivity contribution in [1.29, 1.82) is 0 Å². The van der Waals surface area contributed by atoms with E-state index < -0.39 is 0 Å². The minimum Gasteiger partial charge on any atom is -0.367 e. The van der Waals surface area contributed by atoms with Crippen LogP contribution in [0.1, 0.15) is 41.9 Å². The molecule has 2 aromatic carbocycles. The Morgan fingerprint density at radius 2 is 1.50 bits per heavy atom. The maximum Gasteiger partial charge on any atom is 0.251 e. The molecule has 1 aliphatic rings. The first-order valence-corrected chi connectivity index (χ1v) is 11.2. The Morgan fingerprint density at radius 1 is 0.875 bits per heavy atom. The van der Waals surface area contributed by atoms with Gasteiger partial charge < -0.3 is 15.5 Å². The first-order valence-electron chi connectivity index (χ1n) is 11.2. The number of benzene rings is 2. The van der Waals surface area contributed by atoms with Gasteiger partial charge in [-0.25, -0.2) is 9.97 Å². The number of nitrogens with zero attached hydrogens (tertiary/aromatic N) is 3. The Bertz CT molecular complexity index is 1040. The second-order valence-corrected chi connectivity index (χ2v) is 8.66. The Balaban J connectivity index is 1.29. The van der Waals surface area contributed by atoms with Gasteiger partial charge in [-0.3, -0.25) is 4.79 Å². The molecule has 1 saturated carbocycles. The van der Waals surface area contributed by atoms with E-state index in [1.54, 1.807) is 0 Å². The highest BCUT2D eigenvalue weighted by molar-refractivity contribution is 5.94. The van der Waals surface area contributed by atoms with E-state index in [1.807, 2.05) is 74.4 Å². The average molecular weight is 430 g/mol. The highest BCUT2D eigenvalue weighted by Crippen LogP contribution is 2.24. The fourth-order valence-electron chi connectivity index (χ4n) is 4.16. The van der Waals surface area contributed by atoms with E-state index in [9.17, 15) is 4.79 Å². The fraction of sp³-hybridized carbons (Fsp3) is 0.346. The first kappa shape index (κ1) is 21.8. The van der Waals surface area contributed by atoms with Crippen LogP contribution in [0.3, 0.4) is 0 Å². The van der Waals surface area contributed by atoms with Crippen molar-refractivity contribution in [2.45, 2.75) is 44.7 Å². The topological polar surface area (TPSA) is 70.2 Å². The van der Waals surface area contributed by atoms with Crippen LogP contribution in [0.2, 0.25) is 0 Å². The molecular weight excluding hydrogens is 398 g/mol. The summed E-state index contributed by atoms with van der Waals surface area (Å²) < 4.78 is 0. The molecule has 0 radical (unpaired) electrons. The molecule has 2 N–H and O–H groups in total. The molecule has 0 aliphatic heterocycles. The van der Waals surface area contributed by atoms with Gasteiger partial charge in [-0.1, -0.05) is 42.5 Å². The minimum absolute atomic E-state index is 0.00284. The van der Waals surface area contributed by atoms with Gasteiger partial charge in [0, 0.05) is 37.8 Å². The lowest BCUT2D eigenvalue weighted by molar-refractivity contribution is 0.0926. The third kappa shape index (κ3) is 5.44. The van der Waals surface area contributed by atoms with E-state index in [0.29, 0.717) is 11.6 Å². The standard InChI is InChI=1S/C26H31N5O/c1-18-27-24(17-25(28-18)31(2)3)29-22-13-15-23(16-14-22)30-26(32)21-11-9-20(10-12-21)19-7-5-4-6-8-19/h4-12,17,22-23H,13-16H2,1-3H3,(H,30,32)(H,27,28,29). The summed E-state index contributed by atoms with van der Waals surface area (Å²) in [5.41, 5.74) is 2.98.